The van der Waals surface area contributed by atoms with Gasteiger partial charge in [-0.3, -0.25) is 18.5 Å². The molecule has 0 aliphatic rings. The summed E-state index contributed by atoms with van der Waals surface area (Å²) >= 11 is 0. The Morgan fingerprint density at radius 2 is 1.09 bits per heavy atom. The first kappa shape index (κ1) is 55.6. The van der Waals surface area contributed by atoms with E-state index in [0.29, 0.717) is 39.2 Å². The summed E-state index contributed by atoms with van der Waals surface area (Å²) in [5.41, 5.74) is 3.95. The van der Waals surface area contributed by atoms with Crippen LogP contribution in [0.1, 0.15) is 93.3 Å². The highest BCUT2D eigenvalue weighted by Gasteiger charge is 2.29. The molecule has 4 rings (SSSR count). The van der Waals surface area contributed by atoms with Gasteiger partial charge in [-0.1, -0.05) is 47.5 Å². The quantitative estimate of drug-likeness (QED) is 0.0480. The van der Waals surface area contributed by atoms with Crippen LogP contribution in [0.25, 0.3) is 0 Å². The van der Waals surface area contributed by atoms with Crippen LogP contribution in [-0.2, 0) is 59.0 Å². The van der Waals surface area contributed by atoms with Gasteiger partial charge in [0, 0.05) is 30.9 Å². The topological polar surface area (TPSA) is 219 Å². The molecule has 0 aliphatic carbocycles. The van der Waals surface area contributed by atoms with Gasteiger partial charge in [0.05, 0.1) is 23.0 Å². The molecule has 0 saturated heterocycles. The van der Waals surface area contributed by atoms with Crippen molar-refractivity contribution in [1.29, 1.82) is 0 Å². The Balaban J connectivity index is 1.37. The summed E-state index contributed by atoms with van der Waals surface area (Å²) in [5, 5.41) is 5.11. The van der Waals surface area contributed by atoms with Crippen molar-refractivity contribution in [1.82, 2.24) is 5.32 Å². The number of carbonyl (C=O) groups is 4. The van der Waals surface area contributed by atoms with Crippen LogP contribution >= 0.6 is 0 Å². The Bertz CT molecular complexity index is 2550. The zero-order chi connectivity index (χ0) is 51.5. The maximum atomic E-state index is 13.3. The summed E-state index contributed by atoms with van der Waals surface area (Å²) in [6, 6.07) is 18.5. The number of benzene rings is 4. The predicted molar refractivity (Wildman–Crippen MR) is 260 cm³/mol. The molecule has 4 aromatic carbocycles. The molecule has 2 amide bonds. The maximum absolute atomic E-state index is 13.3. The molecule has 0 aliphatic heterocycles. The molecule has 4 aromatic rings. The van der Waals surface area contributed by atoms with Crippen LogP contribution in [0.4, 0.5) is 21.0 Å². The zero-order valence-electron chi connectivity index (χ0n) is 41.4. The highest BCUT2D eigenvalue weighted by atomic mass is 32.2. The zero-order valence-corrected chi connectivity index (χ0v) is 43.1. The van der Waals surface area contributed by atoms with Crippen molar-refractivity contribution in [2.45, 2.75) is 130 Å². The van der Waals surface area contributed by atoms with Crippen LogP contribution in [0.15, 0.2) is 82.6 Å². The van der Waals surface area contributed by atoms with Crippen LogP contribution in [0, 0.1) is 41.5 Å². The number of anilines is 2. The number of hydrogen-bond donors (Lipinski definition) is 2. The highest BCUT2D eigenvalue weighted by Crippen LogP contribution is 2.26. The van der Waals surface area contributed by atoms with E-state index in [9.17, 15) is 36.0 Å². The molecule has 19 heteroatoms. The van der Waals surface area contributed by atoms with E-state index in [1.54, 1.807) is 135 Å². The van der Waals surface area contributed by atoms with Crippen LogP contribution in [0.3, 0.4) is 0 Å². The van der Waals surface area contributed by atoms with Gasteiger partial charge in [-0.2, -0.15) is 16.8 Å². The minimum Gasteiger partial charge on any atom is -0.460 e. The van der Waals surface area contributed by atoms with E-state index in [1.165, 1.54) is 12.1 Å². The highest BCUT2D eigenvalue weighted by molar-refractivity contribution is 7.87. The van der Waals surface area contributed by atoms with E-state index in [0.717, 1.165) is 11.1 Å². The number of nitrogens with zero attached hydrogens (tertiary/aromatic N) is 1. The average Bonchev–Trinajstić information content (AvgIpc) is 3.19. The van der Waals surface area contributed by atoms with Crippen molar-refractivity contribution in [2.75, 3.05) is 36.5 Å². The minimum absolute atomic E-state index is 0.0287. The van der Waals surface area contributed by atoms with E-state index in [1.807, 2.05) is 13.8 Å². The number of ether oxygens (including phenoxy) is 4. The minimum atomic E-state index is -4.15. The third-order valence-electron chi connectivity index (χ3n) is 9.93. The smallest absolute Gasteiger partial charge is 0.413 e. The molecule has 0 fully saturated rings. The monoisotopic (exact) mass is 995 g/mol. The fourth-order valence-corrected chi connectivity index (χ4v) is 10.0. The van der Waals surface area contributed by atoms with Crippen molar-refractivity contribution in [3.05, 3.63) is 112 Å². The fraction of sp³-hybridized carbons (Fsp3) is 0.440. The molecular weight excluding hydrogens is 931 g/mol. The Hall–Kier alpha value is -6.02. The number of hydrogen-bond acceptors (Lipinski definition) is 15. The van der Waals surface area contributed by atoms with E-state index in [4.69, 9.17) is 27.3 Å². The van der Waals surface area contributed by atoms with Gasteiger partial charge in [0.25, 0.3) is 20.2 Å². The van der Waals surface area contributed by atoms with Crippen LogP contribution < -0.4 is 20.3 Å². The SMILES string of the molecule is Cc1cc(C)c(S(=O)(=O)OCCN(CCOS(=O)(=O)c2c(C)cc(C)cc2C)c2ccc(NC(=O)OCc3ccc(OC(=O)N[C@@H](CCC(=O)OC(C)(C)C)C(=O)OC(C)(C)C)cc3)cc2)c(C)c1. The van der Waals surface area contributed by atoms with Crippen molar-refractivity contribution in [2.24, 2.45) is 0 Å². The second-order valence-corrected chi connectivity index (χ2v) is 21.7. The Labute approximate surface area is 406 Å². The molecule has 376 valence electrons. The molecule has 0 aromatic heterocycles. The molecule has 0 spiro atoms. The molecule has 0 radical (unpaired) electrons. The lowest BCUT2D eigenvalue weighted by atomic mass is 10.1. The molecule has 0 unspecified atom stereocenters. The second kappa shape index (κ2) is 23.5. The van der Waals surface area contributed by atoms with Crippen molar-refractivity contribution >= 4 is 55.7 Å². The van der Waals surface area contributed by atoms with Gasteiger partial charge in [0.15, 0.2) is 0 Å². The van der Waals surface area contributed by atoms with Gasteiger partial charge in [-0.05, 0) is 154 Å². The number of rotatable bonds is 20. The Morgan fingerprint density at radius 1 is 0.623 bits per heavy atom. The van der Waals surface area contributed by atoms with E-state index < -0.39 is 61.6 Å². The number of amides is 2. The van der Waals surface area contributed by atoms with Gasteiger partial charge in [-0.25, -0.2) is 14.4 Å². The first-order chi connectivity index (χ1) is 32.0. The number of nitrogens with one attached hydrogen (secondary N) is 2. The largest absolute Gasteiger partial charge is 0.460 e. The second-order valence-electron chi connectivity index (χ2n) is 18.6. The summed E-state index contributed by atoms with van der Waals surface area (Å²) in [7, 11) is -8.29. The molecule has 0 bridgehead atoms. The summed E-state index contributed by atoms with van der Waals surface area (Å²) in [4.78, 5) is 52.7. The standard InChI is InChI=1S/C50H65N3O14S2/c1-32-27-34(3)44(35(4)28-32)68(58,59)63-25-23-53(24-26-64-69(60,61)45-36(5)29-33(2)30-37(45)6)40-17-15-39(16-18-40)51-47(56)62-31-38-13-19-41(20-14-38)65-48(57)52-42(46(55)67-50(10,11)12)21-22-43(54)66-49(7,8)9/h13-20,27-30,42H,21-26,31H2,1-12H3,(H,51,56)(H,52,57)/t42-/m0/s1. The lowest BCUT2D eigenvalue weighted by Crippen LogP contribution is -2.45. The molecule has 0 heterocycles. The van der Waals surface area contributed by atoms with Crippen LogP contribution in [0.5, 0.6) is 5.75 Å². The first-order valence-corrected chi connectivity index (χ1v) is 25.1. The summed E-state index contributed by atoms with van der Waals surface area (Å²) in [5.74, 6) is -1.16. The lowest BCUT2D eigenvalue weighted by molar-refractivity contribution is -0.158. The van der Waals surface area contributed by atoms with Gasteiger partial charge in [0.2, 0.25) is 0 Å². The molecular formula is C50H65N3O14S2. The van der Waals surface area contributed by atoms with Crippen LogP contribution in [-0.4, -0.2) is 84.5 Å². The predicted octanol–water partition coefficient (Wildman–Crippen LogP) is 8.82. The van der Waals surface area contributed by atoms with Gasteiger partial charge < -0.3 is 29.2 Å². The van der Waals surface area contributed by atoms with E-state index >= 15 is 0 Å². The number of carbonyl (C=O) groups excluding carboxylic acids is 4. The van der Waals surface area contributed by atoms with Crippen molar-refractivity contribution in [3.63, 3.8) is 0 Å². The Morgan fingerprint density at radius 3 is 1.54 bits per heavy atom. The molecule has 69 heavy (non-hydrogen) atoms. The molecule has 1 atom stereocenters. The van der Waals surface area contributed by atoms with Gasteiger partial charge in [-0.15, -0.1) is 0 Å². The third kappa shape index (κ3) is 17.8. The molecule has 0 saturated carbocycles. The van der Waals surface area contributed by atoms with Gasteiger partial charge >= 0.3 is 24.1 Å². The lowest BCUT2D eigenvalue weighted by Gasteiger charge is -2.25. The first-order valence-electron chi connectivity index (χ1n) is 22.3. The normalized spacial score (nSPS) is 12.4. The van der Waals surface area contributed by atoms with E-state index in [2.05, 4.69) is 10.6 Å². The third-order valence-corrected chi connectivity index (χ3v) is 13.2. The van der Waals surface area contributed by atoms with Crippen molar-refractivity contribution in [3.8, 4) is 5.75 Å². The Kier molecular flexibility index (Phi) is 18.9. The maximum Gasteiger partial charge on any atom is 0.413 e. The number of esters is 2. The average molecular weight is 996 g/mol. The van der Waals surface area contributed by atoms with Gasteiger partial charge in [0.1, 0.15) is 29.6 Å². The van der Waals surface area contributed by atoms with E-state index in [-0.39, 0.29) is 61.3 Å². The number of aryl methyl sites for hydroxylation is 6. The summed E-state index contributed by atoms with van der Waals surface area (Å²) < 4.78 is 85.9. The molecule has 2 N–H and O–H groups in total. The molecule has 17 nitrogen and oxygen atoms in total. The summed E-state index contributed by atoms with van der Waals surface area (Å²) in [6.07, 6.45) is -1.98. The fourth-order valence-electron chi connectivity index (χ4n) is 7.39. The van der Waals surface area contributed by atoms with Crippen molar-refractivity contribution < 1.29 is 63.3 Å². The van der Waals surface area contributed by atoms with Crippen LogP contribution in [0.2, 0.25) is 0 Å². The summed E-state index contributed by atoms with van der Waals surface area (Å²) in [6.45, 7) is 20.1.